The monoisotopic (exact) mass is 338 g/mol. The molecule has 1 N–H and O–H groups in total. The van der Waals surface area contributed by atoms with Crippen molar-refractivity contribution in [1.29, 1.82) is 0 Å². The molecule has 1 aliphatic heterocycles. The van der Waals surface area contributed by atoms with Gasteiger partial charge in [-0.2, -0.15) is 0 Å². The zero-order valence-corrected chi connectivity index (χ0v) is 14.7. The van der Waals surface area contributed by atoms with Crippen LogP contribution in [0.5, 0.6) is 5.75 Å². The molecule has 5 nitrogen and oxygen atoms in total. The minimum Gasteiger partial charge on any atom is -0.479 e. The molecule has 5 heteroatoms. The molecule has 1 atom stereocenters. The molecule has 2 aromatic rings. The van der Waals surface area contributed by atoms with Crippen LogP contribution in [0.1, 0.15) is 32.3 Å². The zero-order valence-electron chi connectivity index (χ0n) is 14.7. The molecule has 1 unspecified atom stereocenters. The molecule has 2 aromatic carbocycles. The Hall–Kier alpha value is -2.82. The van der Waals surface area contributed by atoms with Gasteiger partial charge in [-0.25, -0.2) is 0 Å². The normalized spacial score (nSPS) is 16.4. The molecule has 0 radical (unpaired) electrons. The summed E-state index contributed by atoms with van der Waals surface area (Å²) in [5.74, 6) is 0.593. The van der Waals surface area contributed by atoms with Gasteiger partial charge < -0.3 is 10.1 Å². The molecule has 0 fully saturated rings. The van der Waals surface area contributed by atoms with Gasteiger partial charge in [-0.05, 0) is 42.7 Å². The smallest absolute Gasteiger partial charge is 0.268 e. The van der Waals surface area contributed by atoms with E-state index < -0.39 is 6.10 Å². The topological polar surface area (TPSA) is 58.6 Å². The van der Waals surface area contributed by atoms with Crippen molar-refractivity contribution in [1.82, 2.24) is 0 Å². The van der Waals surface area contributed by atoms with E-state index in [0.717, 1.165) is 5.69 Å². The average molecular weight is 338 g/mol. The molecule has 0 spiro atoms. The number of nitrogens with one attached hydrogen (secondary N) is 1. The fraction of sp³-hybridized carbons (Fsp3) is 0.300. The maximum atomic E-state index is 12.4. The third-order valence-corrected chi connectivity index (χ3v) is 4.24. The molecule has 1 aliphatic rings. The van der Waals surface area contributed by atoms with E-state index in [4.69, 9.17) is 4.74 Å². The number of rotatable bonds is 4. The number of para-hydroxylation sites is 2. The second-order valence-electron chi connectivity index (χ2n) is 6.48. The first-order chi connectivity index (χ1) is 12.0. The Morgan fingerprint density at radius 2 is 1.84 bits per heavy atom. The van der Waals surface area contributed by atoms with E-state index in [1.807, 2.05) is 36.4 Å². The maximum absolute atomic E-state index is 12.4. The Morgan fingerprint density at radius 1 is 1.16 bits per heavy atom. The van der Waals surface area contributed by atoms with E-state index in [-0.39, 0.29) is 18.4 Å². The molecule has 2 amide bonds. The van der Waals surface area contributed by atoms with Gasteiger partial charge in [-0.15, -0.1) is 0 Å². The number of hydrogen-bond acceptors (Lipinski definition) is 3. The van der Waals surface area contributed by atoms with Crippen LogP contribution in [0.15, 0.2) is 48.5 Å². The summed E-state index contributed by atoms with van der Waals surface area (Å²) in [5.41, 5.74) is 2.55. The minimum absolute atomic E-state index is 0.0462. The van der Waals surface area contributed by atoms with Crippen LogP contribution in [-0.4, -0.2) is 24.5 Å². The number of hydrogen-bond donors (Lipinski definition) is 1. The zero-order chi connectivity index (χ0) is 18.0. The second kappa shape index (κ2) is 6.97. The van der Waals surface area contributed by atoms with Gasteiger partial charge in [-0.1, -0.05) is 38.1 Å². The summed E-state index contributed by atoms with van der Waals surface area (Å²) in [6.07, 6.45) is -0.604. The summed E-state index contributed by atoms with van der Waals surface area (Å²) in [5, 5.41) is 2.85. The van der Waals surface area contributed by atoms with Crippen molar-refractivity contribution in [2.24, 2.45) is 0 Å². The quantitative estimate of drug-likeness (QED) is 0.927. The van der Waals surface area contributed by atoms with E-state index in [1.54, 1.807) is 19.1 Å². The van der Waals surface area contributed by atoms with Gasteiger partial charge in [0, 0.05) is 5.69 Å². The summed E-state index contributed by atoms with van der Waals surface area (Å²) in [6, 6.07) is 15.0. The first kappa shape index (κ1) is 17.0. The number of ether oxygens (including phenoxy) is 1. The fourth-order valence-corrected chi connectivity index (χ4v) is 2.82. The third-order valence-electron chi connectivity index (χ3n) is 4.24. The SMILES string of the molecule is CC1Oc2ccccc2N(CC(=O)Nc2ccc(C(C)C)cc2)C1=O. The van der Waals surface area contributed by atoms with E-state index in [9.17, 15) is 9.59 Å². The summed E-state index contributed by atoms with van der Waals surface area (Å²) >= 11 is 0. The van der Waals surface area contributed by atoms with Crippen LogP contribution in [0.3, 0.4) is 0 Å². The van der Waals surface area contributed by atoms with Crippen LogP contribution in [0, 0.1) is 0 Å². The van der Waals surface area contributed by atoms with Gasteiger partial charge in [-0.3, -0.25) is 14.5 Å². The minimum atomic E-state index is -0.604. The van der Waals surface area contributed by atoms with Gasteiger partial charge in [0.05, 0.1) is 5.69 Å². The molecule has 0 saturated heterocycles. The lowest BCUT2D eigenvalue weighted by atomic mass is 10.0. The number of carbonyl (C=O) groups is 2. The molecule has 3 rings (SSSR count). The molecular formula is C20H22N2O3. The predicted molar refractivity (Wildman–Crippen MR) is 98.0 cm³/mol. The van der Waals surface area contributed by atoms with Crippen molar-refractivity contribution in [2.45, 2.75) is 32.8 Å². The number of benzene rings is 2. The van der Waals surface area contributed by atoms with Gasteiger partial charge in [0.25, 0.3) is 5.91 Å². The highest BCUT2D eigenvalue weighted by Gasteiger charge is 2.32. The van der Waals surface area contributed by atoms with Gasteiger partial charge in [0.1, 0.15) is 12.3 Å². The summed E-state index contributed by atoms with van der Waals surface area (Å²) in [6.45, 7) is 5.88. The molecule has 1 heterocycles. The summed E-state index contributed by atoms with van der Waals surface area (Å²) in [4.78, 5) is 26.3. The standard InChI is InChI=1S/C20H22N2O3/c1-13(2)15-8-10-16(11-9-15)21-19(23)12-22-17-6-4-5-7-18(17)25-14(3)20(22)24/h4-11,13-14H,12H2,1-3H3,(H,21,23). The van der Waals surface area contributed by atoms with Crippen LogP contribution in [0.2, 0.25) is 0 Å². The lowest BCUT2D eigenvalue weighted by Gasteiger charge is -2.32. The van der Waals surface area contributed by atoms with Gasteiger partial charge in [0.15, 0.2) is 6.10 Å². The van der Waals surface area contributed by atoms with E-state index in [1.165, 1.54) is 10.5 Å². The third kappa shape index (κ3) is 3.65. The number of amides is 2. The van der Waals surface area contributed by atoms with Crippen molar-refractivity contribution < 1.29 is 14.3 Å². The van der Waals surface area contributed by atoms with Crippen molar-refractivity contribution in [3.8, 4) is 5.75 Å². The lowest BCUT2D eigenvalue weighted by Crippen LogP contribution is -2.47. The molecule has 0 aliphatic carbocycles. The average Bonchev–Trinajstić information content (AvgIpc) is 2.59. The van der Waals surface area contributed by atoms with Crippen molar-refractivity contribution in [3.05, 3.63) is 54.1 Å². The molecule has 25 heavy (non-hydrogen) atoms. The maximum Gasteiger partial charge on any atom is 0.268 e. The fourth-order valence-electron chi connectivity index (χ4n) is 2.82. The largest absolute Gasteiger partial charge is 0.479 e. The van der Waals surface area contributed by atoms with Crippen molar-refractivity contribution in [2.75, 3.05) is 16.8 Å². The van der Waals surface area contributed by atoms with Crippen LogP contribution in [-0.2, 0) is 9.59 Å². The molecule has 130 valence electrons. The lowest BCUT2D eigenvalue weighted by molar-refractivity contribution is -0.127. The first-order valence-electron chi connectivity index (χ1n) is 8.42. The Kier molecular flexibility index (Phi) is 4.74. The Bertz CT molecular complexity index is 784. The van der Waals surface area contributed by atoms with Crippen LogP contribution >= 0.6 is 0 Å². The second-order valence-corrected chi connectivity index (χ2v) is 6.48. The predicted octanol–water partition coefficient (Wildman–Crippen LogP) is 3.56. The van der Waals surface area contributed by atoms with Crippen molar-refractivity contribution >= 4 is 23.2 Å². The van der Waals surface area contributed by atoms with Gasteiger partial charge in [0.2, 0.25) is 5.91 Å². The Balaban J connectivity index is 1.73. The highest BCUT2D eigenvalue weighted by molar-refractivity contribution is 6.06. The summed E-state index contributed by atoms with van der Waals surface area (Å²) < 4.78 is 5.59. The molecule has 0 aromatic heterocycles. The Labute approximate surface area is 147 Å². The van der Waals surface area contributed by atoms with E-state index >= 15 is 0 Å². The highest BCUT2D eigenvalue weighted by Crippen LogP contribution is 2.33. The van der Waals surface area contributed by atoms with Crippen LogP contribution in [0.4, 0.5) is 11.4 Å². The Morgan fingerprint density at radius 3 is 2.52 bits per heavy atom. The van der Waals surface area contributed by atoms with E-state index in [2.05, 4.69) is 19.2 Å². The summed E-state index contributed by atoms with van der Waals surface area (Å²) in [7, 11) is 0. The van der Waals surface area contributed by atoms with E-state index in [0.29, 0.717) is 17.4 Å². The first-order valence-corrected chi connectivity index (χ1v) is 8.42. The van der Waals surface area contributed by atoms with Gasteiger partial charge >= 0.3 is 0 Å². The molecule has 0 bridgehead atoms. The number of nitrogens with zero attached hydrogens (tertiary/aromatic N) is 1. The molecule has 0 saturated carbocycles. The van der Waals surface area contributed by atoms with Crippen molar-refractivity contribution in [3.63, 3.8) is 0 Å². The van der Waals surface area contributed by atoms with Crippen LogP contribution < -0.4 is 15.0 Å². The number of anilines is 2. The van der Waals surface area contributed by atoms with Crippen LogP contribution in [0.25, 0.3) is 0 Å². The number of carbonyl (C=O) groups excluding carboxylic acids is 2. The molecular weight excluding hydrogens is 316 g/mol. The number of fused-ring (bicyclic) bond motifs is 1. The highest BCUT2D eigenvalue weighted by atomic mass is 16.5.